The first-order valence-electron chi connectivity index (χ1n) is 10.1. The fourth-order valence-corrected chi connectivity index (χ4v) is 5.27. The largest absolute Gasteiger partial charge is 0.350 e. The molecule has 4 atom stereocenters. The van der Waals surface area contributed by atoms with E-state index in [1.165, 1.54) is 6.42 Å². The fourth-order valence-electron chi connectivity index (χ4n) is 5.27. The summed E-state index contributed by atoms with van der Waals surface area (Å²) in [4.78, 5) is 29.6. The van der Waals surface area contributed by atoms with Crippen LogP contribution in [0.25, 0.3) is 6.08 Å². The number of carbonyl (C=O) groups excluding carboxylic acids is 2. The van der Waals surface area contributed by atoms with Crippen molar-refractivity contribution in [2.75, 3.05) is 26.7 Å². The highest BCUT2D eigenvalue weighted by Crippen LogP contribution is 2.41. The van der Waals surface area contributed by atoms with Gasteiger partial charge in [0, 0.05) is 38.2 Å². The molecule has 0 aromatic heterocycles. The minimum atomic E-state index is -0.0915. The van der Waals surface area contributed by atoms with Gasteiger partial charge in [0.05, 0.1) is 6.04 Å². The van der Waals surface area contributed by atoms with Gasteiger partial charge in [-0.2, -0.15) is 0 Å². The molecule has 3 heterocycles. The first-order valence-corrected chi connectivity index (χ1v) is 10.1. The molecular weight excluding hydrogens is 338 g/mol. The zero-order valence-corrected chi connectivity index (χ0v) is 16.0. The highest BCUT2D eigenvalue weighted by molar-refractivity contribution is 5.91. The van der Waals surface area contributed by atoms with Crippen LogP contribution in [0.1, 0.15) is 31.2 Å². The molecule has 0 spiro atoms. The van der Waals surface area contributed by atoms with E-state index in [1.807, 2.05) is 36.4 Å². The third-order valence-electron chi connectivity index (χ3n) is 6.39. The molecule has 1 aromatic rings. The number of amides is 2. The molecule has 0 radical (unpaired) electrons. The van der Waals surface area contributed by atoms with Gasteiger partial charge in [0.15, 0.2) is 0 Å². The maximum Gasteiger partial charge on any atom is 0.244 e. The van der Waals surface area contributed by atoms with E-state index in [9.17, 15) is 9.59 Å². The molecule has 4 rings (SSSR count). The summed E-state index contributed by atoms with van der Waals surface area (Å²) in [7, 11) is 2.18. The predicted octanol–water partition coefficient (Wildman–Crippen LogP) is 2.15. The Morgan fingerprint density at radius 3 is 2.81 bits per heavy atom. The van der Waals surface area contributed by atoms with E-state index in [-0.39, 0.29) is 17.9 Å². The van der Waals surface area contributed by atoms with Crippen LogP contribution < -0.4 is 5.32 Å². The number of nitrogens with zero attached hydrogens (tertiary/aromatic N) is 2. The summed E-state index contributed by atoms with van der Waals surface area (Å²) in [6, 6.07) is 10.3. The van der Waals surface area contributed by atoms with E-state index in [4.69, 9.17) is 0 Å². The van der Waals surface area contributed by atoms with Gasteiger partial charge in [-0.1, -0.05) is 30.3 Å². The molecule has 3 aliphatic rings. The van der Waals surface area contributed by atoms with Crippen molar-refractivity contribution in [3.63, 3.8) is 0 Å². The molecular formula is C22H29N3O2. The summed E-state index contributed by atoms with van der Waals surface area (Å²) in [6.45, 7) is 2.64. The zero-order chi connectivity index (χ0) is 18.8. The van der Waals surface area contributed by atoms with Crippen LogP contribution in [0.2, 0.25) is 0 Å². The molecule has 0 aliphatic carbocycles. The highest BCUT2D eigenvalue weighted by Gasteiger charge is 2.48. The van der Waals surface area contributed by atoms with Crippen molar-refractivity contribution in [2.45, 2.75) is 37.8 Å². The lowest BCUT2D eigenvalue weighted by Gasteiger charge is -2.56. The van der Waals surface area contributed by atoms with Gasteiger partial charge in [-0.25, -0.2) is 0 Å². The summed E-state index contributed by atoms with van der Waals surface area (Å²) < 4.78 is 0. The van der Waals surface area contributed by atoms with Crippen LogP contribution in [0, 0.1) is 11.8 Å². The van der Waals surface area contributed by atoms with Gasteiger partial charge < -0.3 is 15.1 Å². The minimum absolute atomic E-state index is 0.0915. The number of rotatable bonds is 4. The van der Waals surface area contributed by atoms with Gasteiger partial charge in [-0.3, -0.25) is 9.59 Å². The lowest BCUT2D eigenvalue weighted by Crippen LogP contribution is -2.66. The standard InChI is InChI=1S/C22H29N3O2/c1-24-14-17-12-18(15-24)20(25-19(17)8-5-9-22(25)27)13-23-21(26)11-10-16-6-3-2-4-7-16/h2-4,6-7,10-11,17-20H,5,8-9,12-15H2,1H3,(H,23,26)/b11-10+/t17-,18+,19+,20+/m1/s1. The van der Waals surface area contributed by atoms with Gasteiger partial charge >= 0.3 is 0 Å². The Morgan fingerprint density at radius 2 is 2.00 bits per heavy atom. The number of benzene rings is 1. The number of nitrogens with one attached hydrogen (secondary N) is 1. The second-order valence-electron chi connectivity index (χ2n) is 8.29. The van der Waals surface area contributed by atoms with Gasteiger partial charge in [0.1, 0.15) is 0 Å². The number of hydrogen-bond acceptors (Lipinski definition) is 3. The molecule has 3 saturated heterocycles. The minimum Gasteiger partial charge on any atom is -0.350 e. The number of carbonyl (C=O) groups is 2. The van der Waals surface area contributed by atoms with Crippen LogP contribution in [0.15, 0.2) is 36.4 Å². The molecule has 0 unspecified atom stereocenters. The van der Waals surface area contributed by atoms with Crippen molar-refractivity contribution in [1.29, 1.82) is 0 Å². The third-order valence-corrected chi connectivity index (χ3v) is 6.39. The van der Waals surface area contributed by atoms with Crippen molar-refractivity contribution in [3.05, 3.63) is 42.0 Å². The summed E-state index contributed by atoms with van der Waals surface area (Å²) in [5, 5.41) is 3.06. The Hall–Kier alpha value is -2.14. The SMILES string of the molecule is CN1C[C@H]2C[C@@H](C1)[C@H](CNC(=O)/C=C/c1ccccc1)N1C(=O)CCC[C@@H]21. The van der Waals surface area contributed by atoms with Crippen molar-refractivity contribution >= 4 is 17.9 Å². The monoisotopic (exact) mass is 367 g/mol. The van der Waals surface area contributed by atoms with Crippen molar-refractivity contribution in [2.24, 2.45) is 11.8 Å². The van der Waals surface area contributed by atoms with Crippen molar-refractivity contribution < 1.29 is 9.59 Å². The molecule has 3 aliphatic heterocycles. The number of fused-ring (bicyclic) bond motifs is 4. The van der Waals surface area contributed by atoms with Crippen LogP contribution in [0.3, 0.4) is 0 Å². The lowest BCUT2D eigenvalue weighted by atomic mass is 9.72. The molecule has 0 saturated carbocycles. The molecule has 144 valence electrons. The highest BCUT2D eigenvalue weighted by atomic mass is 16.2. The number of hydrogen-bond donors (Lipinski definition) is 1. The fraction of sp³-hybridized carbons (Fsp3) is 0.545. The average Bonchev–Trinajstić information content (AvgIpc) is 2.67. The summed E-state index contributed by atoms with van der Waals surface area (Å²) in [5.41, 5.74) is 1.01. The molecule has 2 bridgehead atoms. The van der Waals surface area contributed by atoms with E-state index in [2.05, 4.69) is 22.2 Å². The maximum atomic E-state index is 12.7. The van der Waals surface area contributed by atoms with Crippen LogP contribution in [0.4, 0.5) is 0 Å². The lowest BCUT2D eigenvalue weighted by molar-refractivity contribution is -0.152. The topological polar surface area (TPSA) is 52.7 Å². The quantitative estimate of drug-likeness (QED) is 0.830. The summed E-state index contributed by atoms with van der Waals surface area (Å²) in [6.07, 6.45) is 7.36. The van der Waals surface area contributed by atoms with E-state index in [1.54, 1.807) is 6.08 Å². The number of likely N-dealkylation sites (tertiary alicyclic amines) is 1. The zero-order valence-electron chi connectivity index (χ0n) is 16.0. The van der Waals surface area contributed by atoms with Crippen LogP contribution in [0.5, 0.6) is 0 Å². The molecule has 5 nitrogen and oxygen atoms in total. The first-order chi connectivity index (χ1) is 13.1. The summed E-state index contributed by atoms with van der Waals surface area (Å²) in [5.74, 6) is 1.23. The van der Waals surface area contributed by atoms with E-state index >= 15 is 0 Å². The van der Waals surface area contributed by atoms with Crippen LogP contribution in [-0.2, 0) is 9.59 Å². The van der Waals surface area contributed by atoms with Gasteiger partial charge in [-0.05, 0) is 49.8 Å². The smallest absolute Gasteiger partial charge is 0.244 e. The van der Waals surface area contributed by atoms with Gasteiger partial charge in [0.25, 0.3) is 0 Å². The Balaban J connectivity index is 1.43. The summed E-state index contributed by atoms with van der Waals surface area (Å²) >= 11 is 0. The average molecular weight is 367 g/mol. The van der Waals surface area contributed by atoms with Crippen LogP contribution >= 0.6 is 0 Å². The molecule has 1 N–H and O–H groups in total. The maximum absolute atomic E-state index is 12.7. The molecule has 1 aromatic carbocycles. The third kappa shape index (κ3) is 3.93. The first kappa shape index (κ1) is 18.2. The van der Waals surface area contributed by atoms with E-state index in [0.717, 1.165) is 31.5 Å². The molecule has 5 heteroatoms. The van der Waals surface area contributed by atoms with Gasteiger partial charge in [0.2, 0.25) is 11.8 Å². The second-order valence-corrected chi connectivity index (χ2v) is 8.29. The van der Waals surface area contributed by atoms with E-state index in [0.29, 0.717) is 30.8 Å². The molecule has 27 heavy (non-hydrogen) atoms. The Bertz CT molecular complexity index is 718. The Labute approximate surface area is 161 Å². The van der Waals surface area contributed by atoms with Crippen molar-refractivity contribution in [3.8, 4) is 0 Å². The molecule has 3 fully saturated rings. The van der Waals surface area contributed by atoms with Crippen LogP contribution in [-0.4, -0.2) is 60.4 Å². The second kappa shape index (κ2) is 7.85. The molecule has 2 amide bonds. The Morgan fingerprint density at radius 1 is 1.22 bits per heavy atom. The van der Waals surface area contributed by atoms with E-state index < -0.39 is 0 Å². The van der Waals surface area contributed by atoms with Crippen molar-refractivity contribution in [1.82, 2.24) is 15.1 Å². The predicted molar refractivity (Wildman–Crippen MR) is 106 cm³/mol. The van der Waals surface area contributed by atoms with Gasteiger partial charge in [-0.15, -0.1) is 0 Å². The number of piperidine rings is 3. The normalized spacial score (nSPS) is 31.0. The Kier molecular flexibility index (Phi) is 5.30.